The summed E-state index contributed by atoms with van der Waals surface area (Å²) < 4.78 is 21.3. The van der Waals surface area contributed by atoms with Crippen LogP contribution in [-0.2, 0) is 4.74 Å². The molecule has 6 aromatic rings. The first-order valence-corrected chi connectivity index (χ1v) is 18.0. The van der Waals surface area contributed by atoms with E-state index < -0.39 is 5.60 Å². The van der Waals surface area contributed by atoms with Crippen molar-refractivity contribution in [3.63, 3.8) is 0 Å². The third-order valence-electron chi connectivity index (χ3n) is 8.95. The van der Waals surface area contributed by atoms with Crippen LogP contribution in [0.15, 0.2) is 86.0 Å². The highest BCUT2D eigenvalue weighted by Gasteiger charge is 2.34. The zero-order chi connectivity index (χ0) is 37.3. The van der Waals surface area contributed by atoms with Crippen LogP contribution in [0.2, 0.25) is 10.0 Å². The van der Waals surface area contributed by atoms with Crippen molar-refractivity contribution in [1.82, 2.24) is 29.0 Å². The number of benzene rings is 2. The fourth-order valence-electron chi connectivity index (χ4n) is 5.95. The molecule has 2 fully saturated rings. The number of phenolic OH excluding ortho intramolecular Hbond substituents is 2. The predicted molar refractivity (Wildman–Crippen MR) is 203 cm³/mol. The van der Waals surface area contributed by atoms with Crippen LogP contribution >= 0.6 is 23.2 Å². The molecule has 14 heteroatoms. The van der Waals surface area contributed by atoms with E-state index in [2.05, 4.69) is 15.3 Å². The fourth-order valence-corrected chi connectivity index (χ4v) is 6.31. The Morgan fingerprint density at radius 3 is 1.70 bits per heavy atom. The topological polar surface area (TPSA) is 135 Å². The summed E-state index contributed by atoms with van der Waals surface area (Å²) in [6.45, 7) is 9.97. The van der Waals surface area contributed by atoms with Crippen LogP contribution in [0, 0.1) is 11.8 Å². The van der Waals surface area contributed by atoms with Gasteiger partial charge in [-0.1, -0.05) is 35.3 Å². The first kappa shape index (κ1) is 36.2. The van der Waals surface area contributed by atoms with Crippen molar-refractivity contribution in [1.29, 1.82) is 0 Å². The molecule has 0 aliphatic carbocycles. The Morgan fingerprint density at radius 2 is 1.26 bits per heavy atom. The Morgan fingerprint density at radius 1 is 0.774 bits per heavy atom. The molecule has 2 aliphatic heterocycles. The molecule has 0 atom stereocenters. The summed E-state index contributed by atoms with van der Waals surface area (Å²) in [6, 6.07) is 14.2. The number of rotatable bonds is 8. The number of halogens is 2. The number of ether oxygens (including phenoxy) is 3. The number of phenols is 2. The standard InChI is InChI=1S/C22H24ClN3O4.C17H16ClN3O2/c1-22(2,3)30-21(28)25-9-14(10-25)12-29-20-7-16(11-26-13-24-8-18(20)26)15-4-5-19(27)17(23)6-15;18-14-3-12(1-2-16(14)22)13-4-17(23-9-11-5-19-6-11)15-7-20-10-21(15)8-13/h4-8,11,13-14,27H,9-10,12H2,1-3H3;1-4,7-8,10-11,19,22H,5-6,9H2. The normalized spacial score (nSPS) is 14.7. The number of carbonyl (C=O) groups excluding carboxylic acids is 1. The lowest BCUT2D eigenvalue weighted by atomic mass is 10.0. The molecule has 0 spiro atoms. The van der Waals surface area contributed by atoms with Gasteiger partial charge in [0.2, 0.25) is 0 Å². The number of imidazole rings is 2. The van der Waals surface area contributed by atoms with Crippen LogP contribution in [0.1, 0.15) is 20.8 Å². The van der Waals surface area contributed by atoms with Crippen LogP contribution in [0.4, 0.5) is 4.79 Å². The summed E-state index contributed by atoms with van der Waals surface area (Å²) in [5, 5.41) is 23.1. The number of nitrogens with one attached hydrogen (secondary N) is 1. The van der Waals surface area contributed by atoms with Gasteiger partial charge in [-0.05, 0) is 68.3 Å². The number of likely N-dealkylation sites (tertiary alicyclic amines) is 1. The molecular weight excluding hydrogens is 719 g/mol. The number of carbonyl (C=O) groups is 1. The van der Waals surface area contributed by atoms with Crippen molar-refractivity contribution in [2.24, 2.45) is 11.8 Å². The van der Waals surface area contributed by atoms with Gasteiger partial charge in [-0.15, -0.1) is 0 Å². The van der Waals surface area contributed by atoms with Gasteiger partial charge in [0.25, 0.3) is 0 Å². The van der Waals surface area contributed by atoms with E-state index in [1.165, 1.54) is 0 Å². The Bertz CT molecular complexity index is 2260. The summed E-state index contributed by atoms with van der Waals surface area (Å²) in [5.41, 5.74) is 4.92. The minimum Gasteiger partial charge on any atom is -0.506 e. The van der Waals surface area contributed by atoms with E-state index in [9.17, 15) is 15.0 Å². The number of hydrogen-bond acceptors (Lipinski definition) is 9. The van der Waals surface area contributed by atoms with Gasteiger partial charge in [0.15, 0.2) is 0 Å². The molecule has 2 aromatic carbocycles. The number of fused-ring (bicyclic) bond motifs is 2. The third-order valence-corrected chi connectivity index (χ3v) is 9.56. The lowest BCUT2D eigenvalue weighted by Crippen LogP contribution is -2.53. The predicted octanol–water partition coefficient (Wildman–Crippen LogP) is 7.56. The van der Waals surface area contributed by atoms with Crippen molar-refractivity contribution in [2.75, 3.05) is 39.4 Å². The highest BCUT2D eigenvalue weighted by molar-refractivity contribution is 6.32. The van der Waals surface area contributed by atoms with Crippen molar-refractivity contribution < 1.29 is 29.2 Å². The molecule has 4 aromatic heterocycles. The zero-order valence-corrected chi connectivity index (χ0v) is 31.0. The smallest absolute Gasteiger partial charge is 0.410 e. The van der Waals surface area contributed by atoms with Crippen LogP contribution in [0.25, 0.3) is 33.3 Å². The van der Waals surface area contributed by atoms with Crippen molar-refractivity contribution >= 4 is 40.3 Å². The maximum atomic E-state index is 12.1. The number of nitrogens with zero attached hydrogens (tertiary/aromatic N) is 5. The maximum absolute atomic E-state index is 12.1. The molecule has 6 heterocycles. The van der Waals surface area contributed by atoms with Crippen LogP contribution in [-0.4, -0.2) is 85.0 Å². The van der Waals surface area contributed by atoms with E-state index >= 15 is 0 Å². The van der Waals surface area contributed by atoms with E-state index in [0.717, 1.165) is 52.1 Å². The average Bonchev–Trinajstić information content (AvgIpc) is 3.75. The molecule has 0 saturated carbocycles. The highest BCUT2D eigenvalue weighted by Crippen LogP contribution is 2.35. The van der Waals surface area contributed by atoms with Crippen molar-refractivity contribution in [3.05, 3.63) is 96.0 Å². The number of aromatic nitrogens is 4. The van der Waals surface area contributed by atoms with E-state index in [0.29, 0.717) is 43.0 Å². The quantitative estimate of drug-likeness (QED) is 0.144. The van der Waals surface area contributed by atoms with Crippen LogP contribution in [0.5, 0.6) is 23.0 Å². The number of pyridine rings is 2. The van der Waals surface area contributed by atoms with Crippen molar-refractivity contribution in [3.8, 4) is 45.3 Å². The van der Waals surface area contributed by atoms with Gasteiger partial charge >= 0.3 is 6.09 Å². The van der Waals surface area contributed by atoms with E-state index in [1.54, 1.807) is 60.3 Å². The molecule has 276 valence electrons. The van der Waals surface area contributed by atoms with Crippen LogP contribution in [0.3, 0.4) is 0 Å². The largest absolute Gasteiger partial charge is 0.506 e. The second-order valence-corrected chi connectivity index (χ2v) is 15.1. The molecule has 3 N–H and O–H groups in total. The summed E-state index contributed by atoms with van der Waals surface area (Å²) >= 11 is 12.1. The van der Waals surface area contributed by atoms with Crippen LogP contribution < -0.4 is 14.8 Å². The Labute approximate surface area is 316 Å². The molecule has 12 nitrogen and oxygen atoms in total. The van der Waals surface area contributed by atoms with Gasteiger partial charge in [-0.3, -0.25) is 0 Å². The molecule has 8 rings (SSSR count). The van der Waals surface area contributed by atoms with Gasteiger partial charge in [-0.25, -0.2) is 14.8 Å². The van der Waals surface area contributed by atoms with Gasteiger partial charge < -0.3 is 43.4 Å². The maximum Gasteiger partial charge on any atom is 0.410 e. The summed E-state index contributed by atoms with van der Waals surface area (Å²) in [6.07, 6.45) is 10.6. The Hall–Kier alpha value is -5.17. The minimum absolute atomic E-state index is 0.0418. The zero-order valence-electron chi connectivity index (χ0n) is 29.5. The summed E-state index contributed by atoms with van der Waals surface area (Å²) in [4.78, 5) is 22.2. The SMILES string of the molecule is CC(C)(C)OC(=O)N1CC(COc2cc(-c3ccc(O)c(Cl)c3)cn3cncc23)C1.Oc1ccc(-c2cc(OCC3CNC3)c3cncn3c2)cc1Cl. The number of hydrogen-bond donors (Lipinski definition) is 3. The molecule has 0 radical (unpaired) electrons. The first-order chi connectivity index (χ1) is 25.4. The molecular formula is C39H40Cl2N6O6. The second-order valence-electron chi connectivity index (χ2n) is 14.3. The Kier molecular flexibility index (Phi) is 10.3. The van der Waals surface area contributed by atoms with Crippen molar-refractivity contribution in [2.45, 2.75) is 26.4 Å². The Balaban J connectivity index is 0.000000170. The minimum atomic E-state index is -0.496. The molecule has 2 aliphatic rings. The number of aromatic hydroxyl groups is 2. The molecule has 0 bridgehead atoms. The van der Waals surface area contributed by atoms with E-state index in [-0.39, 0.29) is 28.5 Å². The lowest BCUT2D eigenvalue weighted by molar-refractivity contribution is -0.00775. The third kappa shape index (κ3) is 8.40. The molecule has 53 heavy (non-hydrogen) atoms. The van der Waals surface area contributed by atoms with E-state index in [4.69, 9.17) is 37.4 Å². The second kappa shape index (κ2) is 15.1. The first-order valence-electron chi connectivity index (χ1n) is 17.2. The lowest BCUT2D eigenvalue weighted by Gasteiger charge is -2.39. The van der Waals surface area contributed by atoms with E-state index in [1.807, 2.05) is 60.2 Å². The number of amides is 1. The van der Waals surface area contributed by atoms with Gasteiger partial charge in [0, 0.05) is 61.5 Å². The fraction of sp³-hybridized carbons (Fsp3) is 0.308. The molecule has 0 unspecified atom stereocenters. The summed E-state index contributed by atoms with van der Waals surface area (Å²) in [7, 11) is 0. The summed E-state index contributed by atoms with van der Waals surface area (Å²) in [5.74, 6) is 2.42. The van der Waals surface area contributed by atoms with Gasteiger partial charge in [0.05, 0.1) is 48.3 Å². The monoisotopic (exact) mass is 758 g/mol. The molecule has 2 saturated heterocycles. The highest BCUT2D eigenvalue weighted by atomic mass is 35.5. The van der Waals surface area contributed by atoms with Gasteiger partial charge in [-0.2, -0.15) is 0 Å². The van der Waals surface area contributed by atoms with Gasteiger partial charge in [0.1, 0.15) is 39.6 Å². The average molecular weight is 760 g/mol. The molecule has 1 amide bonds.